The Hall–Kier alpha value is -2.95. The molecule has 3 rings (SSSR count). The lowest BCUT2D eigenvalue weighted by atomic mass is 10.1. The summed E-state index contributed by atoms with van der Waals surface area (Å²) in [5, 5.41) is 4.19. The number of amides is 1. The molecule has 0 saturated heterocycles. The third-order valence-corrected chi connectivity index (χ3v) is 4.12. The lowest BCUT2D eigenvalue weighted by Gasteiger charge is -2.17. The molecule has 0 aliphatic heterocycles. The molecule has 1 heterocycles. The number of benzene rings is 2. The molecule has 5 heteroatoms. The van der Waals surface area contributed by atoms with E-state index >= 15 is 0 Å². The minimum atomic E-state index is -0.257. The van der Waals surface area contributed by atoms with Gasteiger partial charge in [0.1, 0.15) is 5.82 Å². The quantitative estimate of drug-likeness (QED) is 0.689. The second kappa shape index (κ2) is 7.75. The van der Waals surface area contributed by atoms with Gasteiger partial charge in [-0.15, -0.1) is 0 Å². The minimum absolute atomic E-state index is 0.000550. The molecule has 1 aromatic heterocycles. The molecule has 0 unspecified atom stereocenters. The van der Waals surface area contributed by atoms with E-state index in [1.165, 1.54) is 6.07 Å². The molecule has 0 fully saturated rings. The van der Waals surface area contributed by atoms with Crippen molar-refractivity contribution >= 4 is 5.91 Å². The second-order valence-electron chi connectivity index (χ2n) is 5.96. The van der Waals surface area contributed by atoms with Crippen molar-refractivity contribution in [3.63, 3.8) is 0 Å². The van der Waals surface area contributed by atoms with Crippen LogP contribution >= 0.6 is 0 Å². The zero-order chi connectivity index (χ0) is 17.6. The molecule has 0 atom stereocenters. The first-order valence-corrected chi connectivity index (χ1v) is 8.20. The van der Waals surface area contributed by atoms with Crippen LogP contribution in [0.2, 0.25) is 0 Å². The van der Waals surface area contributed by atoms with Gasteiger partial charge < -0.3 is 4.90 Å². The third kappa shape index (κ3) is 4.32. The van der Waals surface area contributed by atoms with Gasteiger partial charge in [-0.1, -0.05) is 30.3 Å². The summed E-state index contributed by atoms with van der Waals surface area (Å²) in [5.74, 6) is -0.258. The van der Waals surface area contributed by atoms with Crippen LogP contribution in [-0.4, -0.2) is 27.6 Å². The number of carbonyl (C=O) groups excluding carboxylic acids is 1. The Morgan fingerprint density at radius 2 is 1.88 bits per heavy atom. The first-order chi connectivity index (χ1) is 12.1. The Morgan fingerprint density at radius 3 is 2.56 bits per heavy atom. The largest absolute Gasteiger partial charge is 0.341 e. The molecular weight excluding hydrogens is 317 g/mol. The van der Waals surface area contributed by atoms with Crippen molar-refractivity contribution in [1.29, 1.82) is 0 Å². The van der Waals surface area contributed by atoms with E-state index in [1.54, 1.807) is 41.0 Å². The van der Waals surface area contributed by atoms with Crippen LogP contribution in [0.5, 0.6) is 0 Å². The Morgan fingerprint density at radius 1 is 1.12 bits per heavy atom. The Bertz CT molecular complexity index is 828. The lowest BCUT2D eigenvalue weighted by molar-refractivity contribution is -0.130. The van der Waals surface area contributed by atoms with Crippen LogP contribution in [0, 0.1) is 5.82 Å². The average molecular weight is 337 g/mol. The van der Waals surface area contributed by atoms with Gasteiger partial charge in [0.25, 0.3) is 0 Å². The van der Waals surface area contributed by atoms with E-state index in [1.807, 2.05) is 36.5 Å². The van der Waals surface area contributed by atoms with E-state index in [0.717, 1.165) is 11.3 Å². The van der Waals surface area contributed by atoms with Gasteiger partial charge >= 0.3 is 0 Å². The van der Waals surface area contributed by atoms with Gasteiger partial charge in [0.05, 0.1) is 5.69 Å². The Labute approximate surface area is 146 Å². The van der Waals surface area contributed by atoms with E-state index in [2.05, 4.69) is 5.10 Å². The summed E-state index contributed by atoms with van der Waals surface area (Å²) >= 11 is 0. The molecule has 4 nitrogen and oxygen atoms in total. The van der Waals surface area contributed by atoms with Crippen molar-refractivity contribution in [1.82, 2.24) is 14.7 Å². The number of hydrogen-bond acceptors (Lipinski definition) is 2. The molecular formula is C20H20FN3O. The molecule has 0 N–H and O–H groups in total. The summed E-state index contributed by atoms with van der Waals surface area (Å²) in [6.07, 6.45) is 4.32. The van der Waals surface area contributed by atoms with Crippen molar-refractivity contribution in [2.45, 2.75) is 19.4 Å². The number of hydrogen-bond donors (Lipinski definition) is 0. The molecule has 2 aromatic carbocycles. The van der Waals surface area contributed by atoms with Crippen LogP contribution in [0.3, 0.4) is 0 Å². The van der Waals surface area contributed by atoms with Crippen LogP contribution in [0.15, 0.2) is 67.0 Å². The molecule has 0 saturated carbocycles. The molecule has 128 valence electrons. The number of nitrogens with zero attached hydrogens (tertiary/aromatic N) is 3. The zero-order valence-electron chi connectivity index (χ0n) is 14.1. The van der Waals surface area contributed by atoms with Crippen molar-refractivity contribution in [2.24, 2.45) is 0 Å². The average Bonchev–Trinajstić information content (AvgIpc) is 3.16. The van der Waals surface area contributed by atoms with Gasteiger partial charge in [0, 0.05) is 32.4 Å². The van der Waals surface area contributed by atoms with Gasteiger partial charge in [0.15, 0.2) is 0 Å². The summed E-state index contributed by atoms with van der Waals surface area (Å²) in [5.41, 5.74) is 2.59. The van der Waals surface area contributed by atoms with E-state index in [9.17, 15) is 9.18 Å². The van der Waals surface area contributed by atoms with Crippen molar-refractivity contribution in [2.75, 3.05) is 7.05 Å². The van der Waals surface area contributed by atoms with Crippen LogP contribution in [-0.2, 0) is 17.8 Å². The molecule has 1 amide bonds. The Balaban J connectivity index is 1.55. The fraction of sp³-hybridized carbons (Fsp3) is 0.200. The summed E-state index contributed by atoms with van der Waals surface area (Å²) in [7, 11) is 1.77. The van der Waals surface area contributed by atoms with Crippen LogP contribution < -0.4 is 0 Å². The number of aryl methyl sites for hydroxylation is 1. The van der Waals surface area contributed by atoms with Gasteiger partial charge in [-0.05, 0) is 41.8 Å². The zero-order valence-corrected chi connectivity index (χ0v) is 14.1. The van der Waals surface area contributed by atoms with E-state index in [0.29, 0.717) is 24.9 Å². The van der Waals surface area contributed by atoms with Crippen LogP contribution in [0.1, 0.15) is 17.5 Å². The van der Waals surface area contributed by atoms with E-state index in [-0.39, 0.29) is 11.7 Å². The predicted molar refractivity (Wildman–Crippen MR) is 94.8 cm³/mol. The lowest BCUT2D eigenvalue weighted by Crippen LogP contribution is -2.26. The fourth-order valence-electron chi connectivity index (χ4n) is 2.67. The van der Waals surface area contributed by atoms with Crippen molar-refractivity contribution in [3.8, 4) is 5.69 Å². The highest BCUT2D eigenvalue weighted by atomic mass is 19.1. The predicted octanol–water partition coefficient (Wildman–Crippen LogP) is 3.60. The highest BCUT2D eigenvalue weighted by molar-refractivity contribution is 5.76. The first-order valence-electron chi connectivity index (χ1n) is 8.20. The van der Waals surface area contributed by atoms with E-state index < -0.39 is 0 Å². The van der Waals surface area contributed by atoms with Crippen LogP contribution in [0.25, 0.3) is 5.69 Å². The van der Waals surface area contributed by atoms with Crippen molar-refractivity contribution < 1.29 is 9.18 Å². The monoisotopic (exact) mass is 337 g/mol. The highest BCUT2D eigenvalue weighted by Gasteiger charge is 2.11. The smallest absolute Gasteiger partial charge is 0.222 e. The number of rotatable bonds is 6. The molecule has 0 radical (unpaired) electrons. The molecule has 3 aromatic rings. The second-order valence-corrected chi connectivity index (χ2v) is 5.96. The summed E-state index contributed by atoms with van der Waals surface area (Å²) in [6, 6.07) is 16.4. The number of halogens is 1. The maximum absolute atomic E-state index is 13.6. The minimum Gasteiger partial charge on any atom is -0.341 e. The molecule has 0 aliphatic rings. The van der Waals surface area contributed by atoms with Crippen LogP contribution in [0.4, 0.5) is 4.39 Å². The number of carbonyl (C=O) groups is 1. The third-order valence-electron chi connectivity index (χ3n) is 4.12. The highest BCUT2D eigenvalue weighted by Crippen LogP contribution is 2.13. The topological polar surface area (TPSA) is 38.1 Å². The normalized spacial score (nSPS) is 10.6. The standard InChI is InChI=1S/C20H20FN3O/c1-23(20(25)12-9-17-5-2-3-6-19(17)21)15-16-7-10-18(11-8-16)24-14-4-13-22-24/h2-8,10-11,13-14H,9,12,15H2,1H3. The molecule has 0 spiro atoms. The summed E-state index contributed by atoms with van der Waals surface area (Å²) < 4.78 is 15.4. The maximum Gasteiger partial charge on any atom is 0.222 e. The molecule has 0 bridgehead atoms. The Kier molecular flexibility index (Phi) is 5.23. The molecule has 0 aliphatic carbocycles. The molecule has 25 heavy (non-hydrogen) atoms. The fourth-order valence-corrected chi connectivity index (χ4v) is 2.67. The number of aromatic nitrogens is 2. The first kappa shape index (κ1) is 16.9. The van der Waals surface area contributed by atoms with Gasteiger partial charge in [0.2, 0.25) is 5.91 Å². The summed E-state index contributed by atoms with van der Waals surface area (Å²) in [4.78, 5) is 13.9. The van der Waals surface area contributed by atoms with Crippen molar-refractivity contribution in [3.05, 3.63) is 83.9 Å². The van der Waals surface area contributed by atoms with Gasteiger partial charge in [-0.3, -0.25) is 4.79 Å². The summed E-state index contributed by atoms with van der Waals surface area (Å²) in [6.45, 7) is 0.523. The SMILES string of the molecule is CN(Cc1ccc(-n2cccn2)cc1)C(=O)CCc1ccccc1F. The van der Waals surface area contributed by atoms with Gasteiger partial charge in [-0.25, -0.2) is 9.07 Å². The van der Waals surface area contributed by atoms with Gasteiger partial charge in [-0.2, -0.15) is 5.10 Å². The van der Waals surface area contributed by atoms with E-state index in [4.69, 9.17) is 0 Å². The maximum atomic E-state index is 13.6.